The molecule has 7 aliphatic rings. The highest BCUT2D eigenvalue weighted by atomic mass is 19.2. The van der Waals surface area contributed by atoms with Gasteiger partial charge >= 0.3 is 0 Å². The Kier molecular flexibility index (Phi) is 6.92. The predicted molar refractivity (Wildman–Crippen MR) is 159 cm³/mol. The molecule has 8 rings (SSSR count). The topological polar surface area (TPSA) is 84.2 Å². The summed E-state index contributed by atoms with van der Waals surface area (Å²) in [6.45, 7) is 9.41. The summed E-state index contributed by atoms with van der Waals surface area (Å²) in [7, 11) is 0. The number of carbonyl (C=O) groups is 1. The summed E-state index contributed by atoms with van der Waals surface area (Å²) in [6, 6.07) is 3.43. The van der Waals surface area contributed by atoms with Crippen molar-refractivity contribution in [2.75, 3.05) is 45.9 Å². The molecule has 8 heteroatoms. The van der Waals surface area contributed by atoms with E-state index in [1.807, 2.05) is 0 Å². The number of Topliss-reactive ketones (excluding diaryl/α,β-unsaturated/α-hetero) is 1. The molecule has 2 spiro atoms. The maximum atomic E-state index is 14.5. The number of halogens is 2. The van der Waals surface area contributed by atoms with Crippen LogP contribution in [0.4, 0.5) is 8.78 Å². The summed E-state index contributed by atoms with van der Waals surface area (Å²) >= 11 is 0. The summed E-state index contributed by atoms with van der Waals surface area (Å²) in [5.74, 6) is -2.12. The van der Waals surface area contributed by atoms with Crippen LogP contribution >= 0.6 is 0 Å². The SMILES string of the molecule is C[C@]12CC[C@H]3[C@]4(C=C[C@@]5(C=C4C(=O)c4ccc(F)c(F)c4)CC(O)CC[C@]35C)[C@@H]1CC[C@@]2(O)CN1CCN(CCO)CC1. The van der Waals surface area contributed by atoms with Crippen LogP contribution in [0.1, 0.15) is 69.2 Å². The molecule has 1 aromatic rings. The van der Waals surface area contributed by atoms with Crippen LogP contribution in [0.25, 0.3) is 0 Å². The third kappa shape index (κ3) is 4.02. The van der Waals surface area contributed by atoms with E-state index in [0.29, 0.717) is 31.5 Å². The average molecular weight is 597 g/mol. The monoisotopic (exact) mass is 596 g/mol. The van der Waals surface area contributed by atoms with Gasteiger partial charge in [0.15, 0.2) is 17.4 Å². The van der Waals surface area contributed by atoms with Crippen LogP contribution < -0.4 is 0 Å². The number of carbonyl (C=O) groups excluding carboxylic acids is 1. The van der Waals surface area contributed by atoms with E-state index in [1.54, 1.807) is 0 Å². The van der Waals surface area contributed by atoms with E-state index in [0.717, 1.165) is 70.4 Å². The molecule has 43 heavy (non-hydrogen) atoms. The number of β-amino-alcohol motifs (C(OH)–C–C–N with tert-alkyl or cyclic N) is 2. The molecule has 3 saturated carbocycles. The van der Waals surface area contributed by atoms with Crippen LogP contribution in [-0.4, -0.2) is 88.5 Å². The highest BCUT2D eigenvalue weighted by molar-refractivity contribution is 6.10. The molecular formula is C35H46F2N2O4. The standard InChI is InChI=1S/C35H46F2N2O4/c1-31-8-5-24(41)20-33(31)11-12-35(25(21-33)30(42)23-3-4-26(36)27(37)19-23)28(31)6-9-32(2)29(35)7-10-34(32,43)22-39-15-13-38(14-16-39)17-18-40/h3-4,11-12,19,21,24,28-29,40-41,43H,5-10,13-18,20,22H2,1-2H3/t24?,28-,29-,31-,32+,33+,34-,35-/m1/s1. The number of benzene rings is 1. The lowest BCUT2D eigenvalue weighted by Gasteiger charge is -2.71. The Morgan fingerprint density at radius 3 is 2.33 bits per heavy atom. The summed E-state index contributed by atoms with van der Waals surface area (Å²) in [5.41, 5.74) is -1.81. The summed E-state index contributed by atoms with van der Waals surface area (Å²) in [5, 5.41) is 32.8. The Morgan fingerprint density at radius 2 is 1.60 bits per heavy atom. The van der Waals surface area contributed by atoms with E-state index >= 15 is 0 Å². The maximum Gasteiger partial charge on any atom is 0.189 e. The van der Waals surface area contributed by atoms with Gasteiger partial charge in [0.05, 0.1) is 18.3 Å². The van der Waals surface area contributed by atoms with Crippen LogP contribution in [0, 0.1) is 45.1 Å². The van der Waals surface area contributed by atoms with Gasteiger partial charge in [-0.1, -0.05) is 32.1 Å². The van der Waals surface area contributed by atoms with Gasteiger partial charge in [0.1, 0.15) is 0 Å². The largest absolute Gasteiger partial charge is 0.395 e. The fourth-order valence-corrected chi connectivity index (χ4v) is 11.1. The van der Waals surface area contributed by atoms with Crippen LogP contribution in [-0.2, 0) is 0 Å². The minimum Gasteiger partial charge on any atom is -0.395 e. The summed E-state index contributed by atoms with van der Waals surface area (Å²) < 4.78 is 28.3. The number of ketones is 1. The number of hydrogen-bond acceptors (Lipinski definition) is 6. The first-order valence-corrected chi connectivity index (χ1v) is 16.3. The quantitative estimate of drug-likeness (QED) is 0.335. The number of rotatable bonds is 6. The first kappa shape index (κ1) is 29.7. The second kappa shape index (κ2) is 10.0. The average Bonchev–Trinajstić information content (AvgIpc) is 3.25. The number of allylic oxidation sites excluding steroid dienone is 4. The van der Waals surface area contributed by atoms with E-state index in [-0.39, 0.29) is 35.2 Å². The molecule has 6 nitrogen and oxygen atoms in total. The molecule has 3 N–H and O–H groups in total. The molecular weight excluding hydrogens is 550 g/mol. The number of aliphatic hydroxyl groups excluding tert-OH is 2. The normalized spacial score (nSPS) is 44.1. The van der Waals surface area contributed by atoms with Crippen molar-refractivity contribution in [1.82, 2.24) is 9.80 Å². The molecule has 0 amide bonds. The molecule has 1 saturated heterocycles. The molecule has 4 fully saturated rings. The van der Waals surface area contributed by atoms with Crippen LogP contribution in [0.2, 0.25) is 0 Å². The molecule has 1 aromatic carbocycles. The highest BCUT2D eigenvalue weighted by Crippen LogP contribution is 2.78. The zero-order chi connectivity index (χ0) is 30.4. The van der Waals surface area contributed by atoms with Crippen molar-refractivity contribution < 1.29 is 28.9 Å². The predicted octanol–water partition coefficient (Wildman–Crippen LogP) is 4.35. The van der Waals surface area contributed by atoms with Gasteiger partial charge in [0.25, 0.3) is 0 Å². The molecule has 234 valence electrons. The fraction of sp³-hybridized carbons (Fsp3) is 0.686. The molecule has 6 aliphatic carbocycles. The van der Waals surface area contributed by atoms with Gasteiger partial charge in [-0.15, -0.1) is 0 Å². The third-order valence-corrected chi connectivity index (χ3v) is 13.5. The van der Waals surface area contributed by atoms with Crippen molar-refractivity contribution in [3.63, 3.8) is 0 Å². The van der Waals surface area contributed by atoms with Crippen molar-refractivity contribution in [2.24, 2.45) is 33.5 Å². The molecule has 1 heterocycles. The van der Waals surface area contributed by atoms with Gasteiger partial charge in [0, 0.05) is 66.7 Å². The van der Waals surface area contributed by atoms with E-state index in [4.69, 9.17) is 0 Å². The van der Waals surface area contributed by atoms with Crippen molar-refractivity contribution in [3.05, 3.63) is 59.2 Å². The number of hydrogen-bond donors (Lipinski definition) is 3. The number of nitrogens with zero attached hydrogens (tertiary/aromatic N) is 2. The summed E-state index contributed by atoms with van der Waals surface area (Å²) in [6.07, 6.45) is 11.5. The molecule has 0 radical (unpaired) electrons. The lowest BCUT2D eigenvalue weighted by Crippen LogP contribution is -2.67. The van der Waals surface area contributed by atoms with Gasteiger partial charge in [-0.3, -0.25) is 14.6 Å². The smallest absolute Gasteiger partial charge is 0.189 e. The van der Waals surface area contributed by atoms with Crippen LogP contribution in [0.3, 0.4) is 0 Å². The number of fused-ring (bicyclic) bond motifs is 1. The first-order chi connectivity index (χ1) is 20.4. The molecule has 0 aromatic heterocycles. The van der Waals surface area contributed by atoms with E-state index in [2.05, 4.69) is 41.9 Å². The van der Waals surface area contributed by atoms with E-state index < -0.39 is 39.6 Å². The van der Waals surface area contributed by atoms with Crippen molar-refractivity contribution in [1.29, 1.82) is 0 Å². The van der Waals surface area contributed by atoms with Crippen molar-refractivity contribution >= 4 is 5.78 Å². The van der Waals surface area contributed by atoms with Gasteiger partial charge < -0.3 is 15.3 Å². The Bertz CT molecular complexity index is 1380. The fourth-order valence-electron chi connectivity index (χ4n) is 11.1. The number of aliphatic hydroxyl groups is 3. The van der Waals surface area contributed by atoms with Crippen LogP contribution in [0.5, 0.6) is 0 Å². The minimum absolute atomic E-state index is 0.0122. The van der Waals surface area contributed by atoms with Crippen molar-refractivity contribution in [3.8, 4) is 0 Å². The minimum atomic E-state index is -1.03. The Hall–Kier alpha value is -1.97. The van der Waals surface area contributed by atoms with Gasteiger partial charge in [0.2, 0.25) is 0 Å². The Labute approximate surface area is 253 Å². The molecule has 8 atom stereocenters. The molecule has 2 bridgehead atoms. The lowest BCUT2D eigenvalue weighted by molar-refractivity contribution is -0.177. The van der Waals surface area contributed by atoms with Gasteiger partial charge in [-0.05, 0) is 80.4 Å². The lowest BCUT2D eigenvalue weighted by atomic mass is 9.32. The highest BCUT2D eigenvalue weighted by Gasteiger charge is 2.74. The number of piperazine rings is 1. The van der Waals surface area contributed by atoms with Gasteiger partial charge in [-0.25, -0.2) is 8.78 Å². The van der Waals surface area contributed by atoms with Gasteiger partial charge in [-0.2, -0.15) is 0 Å². The Morgan fingerprint density at radius 1 is 0.930 bits per heavy atom. The Balaban J connectivity index is 1.29. The van der Waals surface area contributed by atoms with Crippen LogP contribution in [0.15, 0.2) is 42.0 Å². The molecule has 1 aliphatic heterocycles. The van der Waals surface area contributed by atoms with Crippen molar-refractivity contribution in [2.45, 2.75) is 70.5 Å². The maximum absolute atomic E-state index is 14.5. The second-order valence-corrected chi connectivity index (χ2v) is 15.1. The van der Waals surface area contributed by atoms with E-state index in [1.165, 1.54) is 6.07 Å². The zero-order valence-corrected chi connectivity index (χ0v) is 25.5. The van der Waals surface area contributed by atoms with E-state index in [9.17, 15) is 28.9 Å². The molecule has 1 unspecified atom stereocenters. The first-order valence-electron chi connectivity index (χ1n) is 16.3. The zero-order valence-electron chi connectivity index (χ0n) is 25.5. The third-order valence-electron chi connectivity index (χ3n) is 13.5. The second-order valence-electron chi connectivity index (χ2n) is 15.1. The summed E-state index contributed by atoms with van der Waals surface area (Å²) in [4.78, 5) is 19.1.